The summed E-state index contributed by atoms with van der Waals surface area (Å²) in [6.07, 6.45) is 2.38. The minimum Gasteiger partial charge on any atom is -0.495 e. The van der Waals surface area contributed by atoms with Crippen LogP contribution in [0.25, 0.3) is 11.3 Å². The lowest BCUT2D eigenvalue weighted by Crippen LogP contribution is -2.49. The maximum absolute atomic E-state index is 9.37. The predicted molar refractivity (Wildman–Crippen MR) is 98.0 cm³/mol. The summed E-state index contributed by atoms with van der Waals surface area (Å²) in [6, 6.07) is 4.07. The van der Waals surface area contributed by atoms with Crippen LogP contribution in [0.5, 0.6) is 5.75 Å². The van der Waals surface area contributed by atoms with E-state index in [1.54, 1.807) is 7.11 Å². The molecule has 0 bridgehead atoms. The lowest BCUT2D eigenvalue weighted by atomic mass is 9.71. The van der Waals surface area contributed by atoms with Gasteiger partial charge in [-0.15, -0.1) is 0 Å². The Morgan fingerprint density at radius 2 is 2.08 bits per heavy atom. The molecule has 0 spiro atoms. The van der Waals surface area contributed by atoms with Crippen LogP contribution in [0.15, 0.2) is 18.5 Å². The number of rotatable bonds is 3. The molecule has 1 fully saturated rings. The standard InChI is InChI=1S/C19H24N4O2/c1-19(2)6-13-12(16-15(19)18(20)22-10-21-16)4-5-14(25-3)17(13)23-7-11(8-23)9-24/h4-5,10-11,24H,6-9H2,1-3H3,(H2,20,21,22). The van der Waals surface area contributed by atoms with Gasteiger partial charge in [-0.05, 0) is 29.5 Å². The van der Waals surface area contributed by atoms with Crippen molar-refractivity contribution in [3.8, 4) is 17.0 Å². The van der Waals surface area contributed by atoms with Crippen molar-refractivity contribution in [3.63, 3.8) is 0 Å². The number of aromatic nitrogens is 2. The number of aliphatic hydroxyl groups is 1. The van der Waals surface area contributed by atoms with Crippen molar-refractivity contribution in [2.24, 2.45) is 5.92 Å². The number of benzene rings is 1. The van der Waals surface area contributed by atoms with Gasteiger partial charge in [-0.2, -0.15) is 0 Å². The van der Waals surface area contributed by atoms with E-state index >= 15 is 0 Å². The molecule has 1 aliphatic heterocycles. The number of hydrogen-bond acceptors (Lipinski definition) is 6. The highest BCUT2D eigenvalue weighted by molar-refractivity contribution is 5.83. The monoisotopic (exact) mass is 340 g/mol. The van der Waals surface area contributed by atoms with Crippen LogP contribution in [0.3, 0.4) is 0 Å². The Hall–Kier alpha value is -2.34. The van der Waals surface area contributed by atoms with Crippen molar-refractivity contribution in [2.45, 2.75) is 25.7 Å². The van der Waals surface area contributed by atoms with Crippen LogP contribution in [0, 0.1) is 5.92 Å². The second kappa shape index (κ2) is 5.59. The maximum Gasteiger partial charge on any atom is 0.142 e. The third kappa shape index (κ3) is 2.35. The molecule has 0 radical (unpaired) electrons. The number of anilines is 2. The first kappa shape index (κ1) is 16.1. The third-order valence-corrected chi connectivity index (χ3v) is 5.42. The van der Waals surface area contributed by atoms with E-state index in [-0.39, 0.29) is 12.0 Å². The van der Waals surface area contributed by atoms with Gasteiger partial charge in [0, 0.05) is 36.7 Å². The Bertz CT molecular complexity index is 828. The highest BCUT2D eigenvalue weighted by Crippen LogP contribution is 2.50. The number of nitrogen functional groups attached to an aromatic ring is 1. The molecule has 6 nitrogen and oxygen atoms in total. The summed E-state index contributed by atoms with van der Waals surface area (Å²) >= 11 is 0. The van der Waals surface area contributed by atoms with Crippen molar-refractivity contribution in [3.05, 3.63) is 29.6 Å². The number of hydrogen-bond donors (Lipinski definition) is 2. The summed E-state index contributed by atoms with van der Waals surface area (Å²) < 4.78 is 5.66. The molecular weight excluding hydrogens is 316 g/mol. The molecule has 1 aromatic carbocycles. The molecule has 4 rings (SSSR count). The molecule has 132 valence electrons. The van der Waals surface area contributed by atoms with Gasteiger partial charge in [-0.1, -0.05) is 13.8 Å². The molecule has 0 saturated carbocycles. The average molecular weight is 340 g/mol. The second-order valence-electron chi connectivity index (χ2n) is 7.64. The molecule has 0 unspecified atom stereocenters. The van der Waals surface area contributed by atoms with Gasteiger partial charge < -0.3 is 20.5 Å². The zero-order chi connectivity index (χ0) is 17.8. The van der Waals surface area contributed by atoms with Gasteiger partial charge in [-0.25, -0.2) is 9.97 Å². The highest BCUT2D eigenvalue weighted by atomic mass is 16.5. The van der Waals surface area contributed by atoms with Crippen LogP contribution in [0.2, 0.25) is 0 Å². The maximum atomic E-state index is 9.37. The molecule has 1 aromatic heterocycles. The van der Waals surface area contributed by atoms with E-state index in [2.05, 4.69) is 34.8 Å². The Labute approximate surface area is 147 Å². The molecule has 1 saturated heterocycles. The number of aliphatic hydroxyl groups excluding tert-OH is 1. The number of nitrogens with zero attached hydrogens (tertiary/aromatic N) is 3. The van der Waals surface area contributed by atoms with Crippen molar-refractivity contribution in [2.75, 3.05) is 37.4 Å². The molecule has 6 heteroatoms. The highest BCUT2D eigenvalue weighted by Gasteiger charge is 2.39. The minimum atomic E-state index is -0.157. The summed E-state index contributed by atoms with van der Waals surface area (Å²) in [5.41, 5.74) is 11.4. The van der Waals surface area contributed by atoms with Gasteiger partial charge >= 0.3 is 0 Å². The van der Waals surface area contributed by atoms with Gasteiger partial charge in [-0.3, -0.25) is 0 Å². The van der Waals surface area contributed by atoms with Crippen LogP contribution in [0.1, 0.15) is 25.0 Å². The largest absolute Gasteiger partial charge is 0.495 e. The van der Waals surface area contributed by atoms with Crippen LogP contribution >= 0.6 is 0 Å². The van der Waals surface area contributed by atoms with Gasteiger partial charge in [0.2, 0.25) is 0 Å². The molecule has 2 heterocycles. The van der Waals surface area contributed by atoms with Crippen molar-refractivity contribution < 1.29 is 9.84 Å². The van der Waals surface area contributed by atoms with Crippen LogP contribution in [-0.2, 0) is 11.8 Å². The number of ether oxygens (including phenoxy) is 1. The summed E-state index contributed by atoms with van der Waals surface area (Å²) in [7, 11) is 1.70. The van der Waals surface area contributed by atoms with E-state index in [1.165, 1.54) is 11.9 Å². The fourth-order valence-corrected chi connectivity index (χ4v) is 4.20. The molecule has 0 atom stereocenters. The molecule has 0 amide bonds. The Kier molecular flexibility index (Phi) is 3.61. The van der Waals surface area contributed by atoms with E-state index in [4.69, 9.17) is 10.5 Å². The lowest BCUT2D eigenvalue weighted by molar-refractivity contribution is 0.200. The molecule has 3 N–H and O–H groups in total. The molecule has 25 heavy (non-hydrogen) atoms. The summed E-state index contributed by atoms with van der Waals surface area (Å²) in [5, 5.41) is 9.37. The fraction of sp³-hybridized carbons (Fsp3) is 0.474. The topological polar surface area (TPSA) is 84.5 Å². The average Bonchev–Trinajstić information content (AvgIpc) is 2.53. The predicted octanol–water partition coefficient (Wildman–Crippen LogP) is 2.00. The minimum absolute atomic E-state index is 0.157. The smallest absolute Gasteiger partial charge is 0.142 e. The normalized spacial score (nSPS) is 18.3. The van der Waals surface area contributed by atoms with Gasteiger partial charge in [0.15, 0.2) is 0 Å². The Morgan fingerprint density at radius 1 is 1.32 bits per heavy atom. The van der Waals surface area contributed by atoms with Crippen LogP contribution in [0.4, 0.5) is 11.5 Å². The molecule has 2 aliphatic rings. The summed E-state index contributed by atoms with van der Waals surface area (Å²) in [5.74, 6) is 1.76. The van der Waals surface area contributed by atoms with E-state index in [9.17, 15) is 5.11 Å². The van der Waals surface area contributed by atoms with E-state index in [0.29, 0.717) is 11.7 Å². The van der Waals surface area contributed by atoms with Crippen LogP contribution < -0.4 is 15.4 Å². The summed E-state index contributed by atoms with van der Waals surface area (Å²) in [4.78, 5) is 11.1. The number of methoxy groups -OCH3 is 1. The van der Waals surface area contributed by atoms with E-state index in [0.717, 1.165) is 47.8 Å². The van der Waals surface area contributed by atoms with E-state index in [1.807, 2.05) is 6.07 Å². The fourth-order valence-electron chi connectivity index (χ4n) is 4.20. The first-order chi connectivity index (χ1) is 12.0. The number of fused-ring (bicyclic) bond motifs is 3. The summed E-state index contributed by atoms with van der Waals surface area (Å²) in [6.45, 7) is 6.30. The van der Waals surface area contributed by atoms with E-state index < -0.39 is 0 Å². The van der Waals surface area contributed by atoms with Crippen molar-refractivity contribution in [1.29, 1.82) is 0 Å². The quantitative estimate of drug-likeness (QED) is 0.889. The van der Waals surface area contributed by atoms with Crippen molar-refractivity contribution >= 4 is 11.5 Å². The van der Waals surface area contributed by atoms with Crippen LogP contribution in [-0.4, -0.2) is 41.9 Å². The Morgan fingerprint density at radius 3 is 2.76 bits per heavy atom. The third-order valence-electron chi connectivity index (χ3n) is 5.42. The zero-order valence-electron chi connectivity index (χ0n) is 14.9. The molecular formula is C19H24N4O2. The van der Waals surface area contributed by atoms with Gasteiger partial charge in [0.25, 0.3) is 0 Å². The van der Waals surface area contributed by atoms with Gasteiger partial charge in [0.05, 0.1) is 18.5 Å². The number of nitrogens with two attached hydrogens (primary N) is 1. The SMILES string of the molecule is COc1ccc2c(c1N1CC(CO)C1)CC(C)(C)c1c(N)ncnc1-2. The first-order valence-electron chi connectivity index (χ1n) is 8.63. The Balaban J connectivity index is 1.91. The molecule has 1 aliphatic carbocycles. The first-order valence-corrected chi connectivity index (χ1v) is 8.63. The molecule has 2 aromatic rings. The lowest BCUT2D eigenvalue weighted by Gasteiger charge is -2.44. The zero-order valence-corrected chi connectivity index (χ0v) is 14.9. The second-order valence-corrected chi connectivity index (χ2v) is 7.64. The van der Waals surface area contributed by atoms with Crippen molar-refractivity contribution in [1.82, 2.24) is 9.97 Å². The van der Waals surface area contributed by atoms with Gasteiger partial charge in [0.1, 0.15) is 17.9 Å².